The van der Waals surface area contributed by atoms with Crippen molar-refractivity contribution in [3.8, 4) is 5.75 Å². The summed E-state index contributed by atoms with van der Waals surface area (Å²) in [6.45, 7) is 1.91. The van der Waals surface area contributed by atoms with E-state index in [1.165, 1.54) is 0 Å². The fourth-order valence-electron chi connectivity index (χ4n) is 2.93. The highest BCUT2D eigenvalue weighted by Gasteiger charge is 2.43. The van der Waals surface area contributed by atoms with Gasteiger partial charge in [-0.2, -0.15) is 0 Å². The van der Waals surface area contributed by atoms with Crippen molar-refractivity contribution >= 4 is 34.8 Å². The maximum absolute atomic E-state index is 12.6. The van der Waals surface area contributed by atoms with Gasteiger partial charge < -0.3 is 10.1 Å². The minimum absolute atomic E-state index is 0.0716. The molecule has 0 spiro atoms. The summed E-state index contributed by atoms with van der Waals surface area (Å²) >= 11 is 12.3. The largest absolute Gasteiger partial charge is 0.496 e. The number of benzene rings is 2. The van der Waals surface area contributed by atoms with Gasteiger partial charge in [-0.1, -0.05) is 35.3 Å². The quantitative estimate of drug-likeness (QED) is 0.899. The summed E-state index contributed by atoms with van der Waals surface area (Å²) in [5.41, 5.74) is 1.77. The number of amides is 1. The molecule has 114 valence electrons. The molecule has 2 aromatic carbocycles. The molecule has 22 heavy (non-hydrogen) atoms. The van der Waals surface area contributed by atoms with Crippen molar-refractivity contribution in [1.82, 2.24) is 0 Å². The zero-order valence-electron chi connectivity index (χ0n) is 12.2. The third-order valence-corrected chi connectivity index (χ3v) is 4.68. The van der Waals surface area contributed by atoms with Crippen molar-refractivity contribution in [2.45, 2.75) is 18.8 Å². The van der Waals surface area contributed by atoms with Crippen LogP contribution in [0.1, 0.15) is 18.1 Å². The highest BCUT2D eigenvalue weighted by atomic mass is 35.5. The summed E-state index contributed by atoms with van der Waals surface area (Å²) in [5.74, 6) is 0.645. The molecular formula is C17H15Cl2NO2. The highest BCUT2D eigenvalue weighted by molar-refractivity contribution is 6.34. The van der Waals surface area contributed by atoms with Gasteiger partial charge in [0.05, 0.1) is 23.2 Å². The van der Waals surface area contributed by atoms with Crippen molar-refractivity contribution in [1.29, 1.82) is 0 Å². The van der Waals surface area contributed by atoms with Crippen LogP contribution in [-0.2, 0) is 16.6 Å². The minimum Gasteiger partial charge on any atom is -0.496 e. The second-order valence-electron chi connectivity index (χ2n) is 5.58. The van der Waals surface area contributed by atoms with Gasteiger partial charge in [-0.25, -0.2) is 0 Å². The van der Waals surface area contributed by atoms with E-state index in [0.717, 1.165) is 11.1 Å². The molecule has 1 aliphatic heterocycles. The molecule has 0 aromatic heterocycles. The number of anilines is 1. The number of para-hydroxylation sites is 1. The number of methoxy groups -OCH3 is 1. The van der Waals surface area contributed by atoms with Crippen LogP contribution in [0.15, 0.2) is 36.4 Å². The molecule has 3 nitrogen and oxygen atoms in total. The summed E-state index contributed by atoms with van der Waals surface area (Å²) in [6, 6.07) is 11.0. The molecule has 0 fully saturated rings. The maximum atomic E-state index is 12.6. The zero-order chi connectivity index (χ0) is 15.9. The number of nitrogens with one attached hydrogen (secondary N) is 1. The van der Waals surface area contributed by atoms with E-state index < -0.39 is 5.41 Å². The average Bonchev–Trinajstić information content (AvgIpc) is 2.73. The molecule has 1 heterocycles. The molecule has 2 aromatic rings. The van der Waals surface area contributed by atoms with E-state index >= 15 is 0 Å². The van der Waals surface area contributed by atoms with Crippen molar-refractivity contribution in [3.05, 3.63) is 57.6 Å². The van der Waals surface area contributed by atoms with Gasteiger partial charge in [0.25, 0.3) is 0 Å². The standard InChI is InChI=1S/C17H15Cl2NO2/c1-17(9-10-8-11(18)6-7-14(10)22-2)12-4-3-5-13(19)15(12)20-16(17)21/h3-8H,9H2,1-2H3,(H,20,21). The Bertz CT molecular complexity index is 760. The lowest BCUT2D eigenvalue weighted by Crippen LogP contribution is -2.33. The van der Waals surface area contributed by atoms with Gasteiger partial charge in [0.2, 0.25) is 5.91 Å². The Morgan fingerprint density at radius 2 is 2.00 bits per heavy atom. The molecule has 0 aliphatic carbocycles. The summed E-state index contributed by atoms with van der Waals surface area (Å²) in [7, 11) is 1.61. The summed E-state index contributed by atoms with van der Waals surface area (Å²) in [6.07, 6.45) is 0.482. The van der Waals surface area contributed by atoms with Gasteiger partial charge >= 0.3 is 0 Å². The van der Waals surface area contributed by atoms with Crippen LogP contribution in [-0.4, -0.2) is 13.0 Å². The fourth-order valence-corrected chi connectivity index (χ4v) is 3.34. The Morgan fingerprint density at radius 3 is 2.73 bits per heavy atom. The molecular weight excluding hydrogens is 321 g/mol. The number of hydrogen-bond acceptors (Lipinski definition) is 2. The molecule has 1 atom stereocenters. The normalized spacial score (nSPS) is 19.7. The lowest BCUT2D eigenvalue weighted by atomic mass is 9.78. The molecule has 0 saturated carbocycles. The number of halogens is 2. The van der Waals surface area contributed by atoms with Crippen LogP contribution in [0.2, 0.25) is 10.0 Å². The molecule has 1 N–H and O–H groups in total. The summed E-state index contributed by atoms with van der Waals surface area (Å²) < 4.78 is 5.39. The van der Waals surface area contributed by atoms with Crippen LogP contribution in [0.3, 0.4) is 0 Å². The Kier molecular flexibility index (Phi) is 3.79. The predicted molar refractivity (Wildman–Crippen MR) is 89.1 cm³/mol. The van der Waals surface area contributed by atoms with Gasteiger partial charge in [0.15, 0.2) is 0 Å². The first-order valence-electron chi connectivity index (χ1n) is 6.88. The first kappa shape index (κ1) is 15.2. The van der Waals surface area contributed by atoms with Crippen molar-refractivity contribution in [2.75, 3.05) is 12.4 Å². The molecule has 1 aliphatic rings. The van der Waals surface area contributed by atoms with E-state index in [0.29, 0.717) is 27.9 Å². The fraction of sp³-hybridized carbons (Fsp3) is 0.235. The Morgan fingerprint density at radius 1 is 1.23 bits per heavy atom. The van der Waals surface area contributed by atoms with Crippen LogP contribution in [0, 0.1) is 0 Å². The molecule has 0 radical (unpaired) electrons. The van der Waals surface area contributed by atoms with Crippen LogP contribution in [0.4, 0.5) is 5.69 Å². The Labute approximate surface area is 139 Å². The van der Waals surface area contributed by atoms with E-state index in [-0.39, 0.29) is 5.91 Å². The van der Waals surface area contributed by atoms with Crippen LogP contribution < -0.4 is 10.1 Å². The maximum Gasteiger partial charge on any atom is 0.235 e. The van der Waals surface area contributed by atoms with Crippen LogP contribution >= 0.6 is 23.2 Å². The highest BCUT2D eigenvalue weighted by Crippen LogP contribution is 2.44. The van der Waals surface area contributed by atoms with E-state index in [2.05, 4.69) is 5.32 Å². The van der Waals surface area contributed by atoms with Gasteiger partial charge in [-0.3, -0.25) is 4.79 Å². The van der Waals surface area contributed by atoms with E-state index in [4.69, 9.17) is 27.9 Å². The van der Waals surface area contributed by atoms with Crippen molar-refractivity contribution in [3.63, 3.8) is 0 Å². The van der Waals surface area contributed by atoms with Gasteiger partial charge in [0.1, 0.15) is 5.75 Å². The Hall–Kier alpha value is -1.71. The van der Waals surface area contributed by atoms with Crippen molar-refractivity contribution in [2.24, 2.45) is 0 Å². The molecule has 0 saturated heterocycles. The smallest absolute Gasteiger partial charge is 0.235 e. The number of carbonyl (C=O) groups is 1. The number of rotatable bonds is 3. The van der Waals surface area contributed by atoms with E-state index in [1.807, 2.05) is 31.2 Å². The molecule has 1 unspecified atom stereocenters. The van der Waals surface area contributed by atoms with Crippen molar-refractivity contribution < 1.29 is 9.53 Å². The second-order valence-corrected chi connectivity index (χ2v) is 6.43. The SMILES string of the molecule is COc1ccc(Cl)cc1CC1(C)C(=O)Nc2c(Cl)cccc21. The number of hydrogen-bond donors (Lipinski definition) is 1. The molecule has 0 bridgehead atoms. The lowest BCUT2D eigenvalue weighted by molar-refractivity contribution is -0.120. The Balaban J connectivity index is 2.08. The van der Waals surface area contributed by atoms with Gasteiger partial charge in [-0.05, 0) is 48.7 Å². The van der Waals surface area contributed by atoms with Crippen LogP contribution in [0.25, 0.3) is 0 Å². The number of ether oxygens (including phenoxy) is 1. The van der Waals surface area contributed by atoms with Gasteiger partial charge in [0, 0.05) is 5.02 Å². The number of fused-ring (bicyclic) bond motifs is 1. The number of carbonyl (C=O) groups excluding carboxylic acids is 1. The first-order valence-corrected chi connectivity index (χ1v) is 7.64. The summed E-state index contributed by atoms with van der Waals surface area (Å²) in [5, 5.41) is 4.05. The second kappa shape index (κ2) is 5.49. The van der Waals surface area contributed by atoms with E-state index in [1.54, 1.807) is 19.2 Å². The van der Waals surface area contributed by atoms with Crippen LogP contribution in [0.5, 0.6) is 5.75 Å². The first-order chi connectivity index (χ1) is 10.5. The topological polar surface area (TPSA) is 38.3 Å². The average molecular weight is 336 g/mol. The lowest BCUT2D eigenvalue weighted by Gasteiger charge is -2.23. The predicted octanol–water partition coefficient (Wildman–Crippen LogP) is 4.45. The minimum atomic E-state index is -0.710. The summed E-state index contributed by atoms with van der Waals surface area (Å²) in [4.78, 5) is 12.6. The molecule has 5 heteroatoms. The van der Waals surface area contributed by atoms with Gasteiger partial charge in [-0.15, -0.1) is 0 Å². The third-order valence-electron chi connectivity index (χ3n) is 4.13. The molecule has 1 amide bonds. The monoisotopic (exact) mass is 335 g/mol. The van der Waals surface area contributed by atoms with E-state index in [9.17, 15) is 4.79 Å². The molecule has 3 rings (SSSR count). The zero-order valence-corrected chi connectivity index (χ0v) is 13.8. The third kappa shape index (κ3) is 2.34.